The lowest BCUT2D eigenvalue weighted by Gasteiger charge is -2.33. The topological polar surface area (TPSA) is 65.5 Å². The van der Waals surface area contributed by atoms with Gasteiger partial charge in [-0.2, -0.15) is 0 Å². The molecule has 0 spiro atoms. The predicted molar refractivity (Wildman–Crippen MR) is 89.5 cm³/mol. The summed E-state index contributed by atoms with van der Waals surface area (Å²) < 4.78 is 0. The van der Waals surface area contributed by atoms with Gasteiger partial charge >= 0.3 is 0 Å². The molecule has 0 radical (unpaired) electrons. The van der Waals surface area contributed by atoms with Crippen LogP contribution in [0.25, 0.3) is 0 Å². The molecule has 1 aromatic rings. The molecule has 1 aliphatic rings. The molecule has 1 saturated heterocycles. The van der Waals surface area contributed by atoms with Crippen molar-refractivity contribution in [3.05, 3.63) is 29.6 Å². The number of likely N-dealkylation sites (N-methyl/N-ethyl adjacent to an activating group) is 1. The number of nitrogens with one attached hydrogen (secondary N) is 1. The number of unbranched alkanes of at least 4 members (excludes halogenated alkanes) is 1. The number of pyridine rings is 1. The molecule has 2 heterocycles. The number of aromatic nitrogens is 1. The van der Waals surface area contributed by atoms with Crippen molar-refractivity contribution in [3.8, 4) is 0 Å². The Hall–Kier alpha value is -1.95. The molecule has 1 fully saturated rings. The molecular weight excluding hydrogens is 292 g/mol. The summed E-state index contributed by atoms with van der Waals surface area (Å²) in [6.07, 6.45) is 1.96. The highest BCUT2D eigenvalue weighted by molar-refractivity contribution is 5.96. The zero-order valence-electron chi connectivity index (χ0n) is 14.0. The molecule has 126 valence electrons. The predicted octanol–water partition coefficient (Wildman–Crippen LogP) is 1.39. The van der Waals surface area contributed by atoms with Crippen LogP contribution in [0.3, 0.4) is 0 Å². The van der Waals surface area contributed by atoms with E-state index in [0.717, 1.165) is 32.5 Å². The molecule has 6 nitrogen and oxygen atoms in total. The van der Waals surface area contributed by atoms with Gasteiger partial charge in [-0.3, -0.25) is 9.59 Å². The van der Waals surface area contributed by atoms with Gasteiger partial charge in [0.05, 0.1) is 0 Å². The van der Waals surface area contributed by atoms with Gasteiger partial charge in [-0.25, -0.2) is 4.98 Å². The van der Waals surface area contributed by atoms with Crippen molar-refractivity contribution in [2.75, 3.05) is 39.3 Å². The lowest BCUT2D eigenvalue weighted by molar-refractivity contribution is 0.0637. The highest BCUT2D eigenvalue weighted by atomic mass is 16.2. The van der Waals surface area contributed by atoms with Gasteiger partial charge in [0.2, 0.25) is 0 Å². The smallest absolute Gasteiger partial charge is 0.272 e. The number of carbonyl (C=O) groups is 2. The van der Waals surface area contributed by atoms with Gasteiger partial charge in [-0.15, -0.1) is 0 Å². The minimum Gasteiger partial charge on any atom is -0.351 e. The molecule has 2 rings (SSSR count). The second-order valence-electron chi connectivity index (χ2n) is 5.74. The summed E-state index contributed by atoms with van der Waals surface area (Å²) in [5.74, 6) is -0.312. The Morgan fingerprint density at radius 1 is 1.13 bits per heavy atom. The summed E-state index contributed by atoms with van der Waals surface area (Å²) >= 11 is 0. The molecule has 2 amide bonds. The third-order valence-electron chi connectivity index (χ3n) is 4.12. The normalized spacial score (nSPS) is 15.5. The van der Waals surface area contributed by atoms with Crippen LogP contribution < -0.4 is 5.32 Å². The Kier molecular flexibility index (Phi) is 6.52. The maximum absolute atomic E-state index is 12.5. The van der Waals surface area contributed by atoms with Gasteiger partial charge in [-0.1, -0.05) is 26.3 Å². The minimum atomic E-state index is -0.219. The van der Waals surface area contributed by atoms with Crippen molar-refractivity contribution in [2.45, 2.75) is 26.7 Å². The zero-order valence-corrected chi connectivity index (χ0v) is 14.0. The van der Waals surface area contributed by atoms with Crippen LogP contribution >= 0.6 is 0 Å². The van der Waals surface area contributed by atoms with E-state index in [4.69, 9.17) is 0 Å². The number of rotatable bonds is 6. The third-order valence-corrected chi connectivity index (χ3v) is 4.12. The number of amides is 2. The van der Waals surface area contributed by atoms with Crippen LogP contribution in [0, 0.1) is 0 Å². The lowest BCUT2D eigenvalue weighted by atomic mass is 10.2. The SMILES string of the molecule is CCCCNC(=O)c1cccc(C(=O)N2CCN(CC)CC2)n1. The Morgan fingerprint density at radius 2 is 1.83 bits per heavy atom. The average molecular weight is 318 g/mol. The van der Waals surface area contributed by atoms with Crippen LogP contribution in [0.1, 0.15) is 47.7 Å². The average Bonchev–Trinajstić information content (AvgIpc) is 2.61. The van der Waals surface area contributed by atoms with Crippen molar-refractivity contribution in [3.63, 3.8) is 0 Å². The first-order chi connectivity index (χ1) is 11.2. The molecule has 6 heteroatoms. The van der Waals surface area contributed by atoms with Gasteiger partial charge in [0, 0.05) is 32.7 Å². The van der Waals surface area contributed by atoms with Gasteiger partial charge < -0.3 is 15.1 Å². The van der Waals surface area contributed by atoms with E-state index in [2.05, 4.69) is 29.0 Å². The molecule has 0 atom stereocenters. The summed E-state index contributed by atoms with van der Waals surface area (Å²) in [6, 6.07) is 5.04. The quantitative estimate of drug-likeness (QED) is 0.805. The van der Waals surface area contributed by atoms with Crippen molar-refractivity contribution >= 4 is 11.8 Å². The molecule has 0 saturated carbocycles. The van der Waals surface area contributed by atoms with E-state index in [0.29, 0.717) is 31.0 Å². The van der Waals surface area contributed by atoms with Gasteiger partial charge in [0.25, 0.3) is 11.8 Å². The standard InChI is InChI=1S/C17H26N4O2/c1-3-5-9-18-16(22)14-7-6-8-15(19-14)17(23)21-12-10-20(4-2)11-13-21/h6-8H,3-5,9-13H2,1-2H3,(H,18,22). The fourth-order valence-corrected chi connectivity index (χ4v) is 2.58. The molecule has 0 bridgehead atoms. The second-order valence-corrected chi connectivity index (χ2v) is 5.74. The Labute approximate surface area is 137 Å². The summed E-state index contributed by atoms with van der Waals surface area (Å²) in [5, 5.41) is 2.83. The van der Waals surface area contributed by atoms with E-state index >= 15 is 0 Å². The highest BCUT2D eigenvalue weighted by Crippen LogP contribution is 2.08. The fourth-order valence-electron chi connectivity index (χ4n) is 2.58. The van der Waals surface area contributed by atoms with Crippen molar-refractivity contribution in [1.29, 1.82) is 0 Å². The molecule has 0 aliphatic carbocycles. The van der Waals surface area contributed by atoms with Crippen molar-refractivity contribution in [1.82, 2.24) is 20.1 Å². The zero-order chi connectivity index (χ0) is 16.7. The van der Waals surface area contributed by atoms with Crippen LogP contribution in [0.2, 0.25) is 0 Å². The second kappa shape index (κ2) is 8.62. The van der Waals surface area contributed by atoms with E-state index < -0.39 is 0 Å². The summed E-state index contributed by atoms with van der Waals surface area (Å²) in [7, 11) is 0. The maximum Gasteiger partial charge on any atom is 0.272 e. The van der Waals surface area contributed by atoms with Crippen LogP contribution in [0.5, 0.6) is 0 Å². The Balaban J connectivity index is 1.98. The summed E-state index contributed by atoms with van der Waals surface area (Å²) in [5.41, 5.74) is 0.650. The molecule has 23 heavy (non-hydrogen) atoms. The van der Waals surface area contributed by atoms with Crippen molar-refractivity contribution < 1.29 is 9.59 Å². The van der Waals surface area contributed by atoms with Crippen LogP contribution in [-0.2, 0) is 0 Å². The third kappa shape index (κ3) is 4.76. The maximum atomic E-state index is 12.5. The molecule has 0 aromatic carbocycles. The van der Waals surface area contributed by atoms with E-state index in [1.807, 2.05) is 4.90 Å². The Bertz CT molecular complexity index is 539. The molecule has 0 unspecified atom stereocenters. The van der Waals surface area contributed by atoms with Gasteiger partial charge in [-0.05, 0) is 25.1 Å². The summed E-state index contributed by atoms with van der Waals surface area (Å²) in [6.45, 7) is 9.03. The number of hydrogen-bond donors (Lipinski definition) is 1. The number of piperazine rings is 1. The van der Waals surface area contributed by atoms with Crippen LogP contribution in [-0.4, -0.2) is 65.9 Å². The fraction of sp³-hybridized carbons (Fsp3) is 0.588. The first-order valence-electron chi connectivity index (χ1n) is 8.42. The highest BCUT2D eigenvalue weighted by Gasteiger charge is 2.22. The van der Waals surface area contributed by atoms with E-state index in [1.165, 1.54) is 0 Å². The minimum absolute atomic E-state index is 0.0936. The van der Waals surface area contributed by atoms with Crippen LogP contribution in [0.4, 0.5) is 0 Å². The largest absolute Gasteiger partial charge is 0.351 e. The number of hydrogen-bond acceptors (Lipinski definition) is 4. The summed E-state index contributed by atoms with van der Waals surface area (Å²) in [4.78, 5) is 33.0. The van der Waals surface area contributed by atoms with Gasteiger partial charge in [0.15, 0.2) is 0 Å². The molecule has 1 N–H and O–H groups in total. The van der Waals surface area contributed by atoms with Gasteiger partial charge in [0.1, 0.15) is 11.4 Å². The Morgan fingerprint density at radius 3 is 2.48 bits per heavy atom. The van der Waals surface area contributed by atoms with E-state index in [1.54, 1.807) is 18.2 Å². The number of carbonyl (C=O) groups excluding carboxylic acids is 2. The molecular formula is C17H26N4O2. The lowest BCUT2D eigenvalue weighted by Crippen LogP contribution is -2.48. The first kappa shape index (κ1) is 17.4. The molecule has 1 aliphatic heterocycles. The van der Waals surface area contributed by atoms with Crippen LogP contribution in [0.15, 0.2) is 18.2 Å². The van der Waals surface area contributed by atoms with Crippen molar-refractivity contribution in [2.24, 2.45) is 0 Å². The first-order valence-corrected chi connectivity index (χ1v) is 8.42. The van der Waals surface area contributed by atoms with E-state index in [-0.39, 0.29) is 11.8 Å². The molecule has 1 aromatic heterocycles. The van der Waals surface area contributed by atoms with E-state index in [9.17, 15) is 9.59 Å². The monoisotopic (exact) mass is 318 g/mol. The number of nitrogens with zero attached hydrogens (tertiary/aromatic N) is 3.